The molecule has 136 valence electrons. The van der Waals surface area contributed by atoms with E-state index in [1.807, 2.05) is 41.1 Å². The number of hydrogen-bond acceptors (Lipinski definition) is 2. The van der Waals surface area contributed by atoms with Gasteiger partial charge in [-0.15, -0.1) is 0 Å². The van der Waals surface area contributed by atoms with Gasteiger partial charge in [0.05, 0.1) is 22.1 Å². The first-order valence-corrected chi connectivity index (χ1v) is 9.93. The normalized spacial score (nSPS) is 11.8. The zero-order chi connectivity index (χ0) is 19.1. The van der Waals surface area contributed by atoms with E-state index in [9.17, 15) is 0 Å². The minimum absolute atomic E-state index is 0.182. The van der Waals surface area contributed by atoms with E-state index in [1.165, 1.54) is 0 Å². The van der Waals surface area contributed by atoms with Gasteiger partial charge in [0.25, 0.3) is 0 Å². The van der Waals surface area contributed by atoms with Crippen molar-refractivity contribution >= 4 is 47.4 Å². The van der Waals surface area contributed by atoms with E-state index in [0.717, 1.165) is 28.2 Å². The van der Waals surface area contributed by atoms with Crippen LogP contribution in [0.25, 0.3) is 16.9 Å². The molecule has 1 aromatic heterocycles. The number of hydrogen-bond donors (Lipinski definition) is 1. The molecule has 0 spiro atoms. The number of benzene rings is 2. The molecule has 0 radical (unpaired) electrons. The van der Waals surface area contributed by atoms with Gasteiger partial charge in [-0.25, -0.2) is 4.68 Å². The molecule has 2 nitrogen and oxygen atoms in total. The summed E-state index contributed by atoms with van der Waals surface area (Å²) in [4.78, 5) is 0. The van der Waals surface area contributed by atoms with E-state index in [-0.39, 0.29) is 5.41 Å². The second-order valence-electron chi connectivity index (χ2n) is 6.88. The molecular formula is C20H19Cl3N2S. The Bertz CT molecular complexity index is 946. The molecule has 0 aliphatic heterocycles. The highest BCUT2D eigenvalue weighted by Gasteiger charge is 2.29. The van der Waals surface area contributed by atoms with Crippen LogP contribution in [0.5, 0.6) is 0 Å². The van der Waals surface area contributed by atoms with Gasteiger partial charge < -0.3 is 0 Å². The van der Waals surface area contributed by atoms with Gasteiger partial charge in [-0.05, 0) is 42.8 Å². The number of thiol groups is 1. The lowest BCUT2D eigenvalue weighted by Crippen LogP contribution is -2.21. The van der Waals surface area contributed by atoms with Crippen molar-refractivity contribution in [2.24, 2.45) is 0 Å². The second-order valence-corrected chi connectivity index (χ2v) is 8.47. The fourth-order valence-corrected chi connectivity index (χ4v) is 3.75. The molecule has 0 aliphatic carbocycles. The summed E-state index contributed by atoms with van der Waals surface area (Å²) in [7, 11) is 0. The Morgan fingerprint density at radius 3 is 2.19 bits per heavy atom. The maximum absolute atomic E-state index is 6.48. The molecule has 26 heavy (non-hydrogen) atoms. The Morgan fingerprint density at radius 2 is 1.62 bits per heavy atom. The Labute approximate surface area is 174 Å². The van der Waals surface area contributed by atoms with Crippen molar-refractivity contribution in [2.45, 2.75) is 26.2 Å². The van der Waals surface area contributed by atoms with Gasteiger partial charge in [-0.2, -0.15) is 17.7 Å². The lowest BCUT2D eigenvalue weighted by Gasteiger charge is -2.20. The number of nitrogens with zero attached hydrogens (tertiary/aromatic N) is 2. The van der Waals surface area contributed by atoms with Crippen LogP contribution in [0.4, 0.5) is 0 Å². The molecular weight excluding hydrogens is 407 g/mol. The third-order valence-corrected chi connectivity index (χ3v) is 5.99. The summed E-state index contributed by atoms with van der Waals surface area (Å²) < 4.78 is 1.89. The minimum Gasteiger partial charge on any atom is -0.231 e. The smallest absolute Gasteiger partial charge is 0.0840 e. The van der Waals surface area contributed by atoms with Crippen LogP contribution in [-0.4, -0.2) is 15.5 Å². The fraction of sp³-hybridized carbons (Fsp3) is 0.250. The van der Waals surface area contributed by atoms with Gasteiger partial charge in [0.15, 0.2) is 0 Å². The number of halogens is 3. The van der Waals surface area contributed by atoms with E-state index in [4.69, 9.17) is 39.9 Å². The maximum atomic E-state index is 6.48. The standard InChI is InChI=1S/C20H19Cl3N2S/c1-12-18(13-4-6-14(21)7-5-13)25(24-19(12)20(2,3)11-26)17-9-8-15(22)10-16(17)23/h4-10,26H,11H2,1-3H3. The molecule has 0 bridgehead atoms. The maximum Gasteiger partial charge on any atom is 0.0840 e. The summed E-state index contributed by atoms with van der Waals surface area (Å²) in [6.07, 6.45) is 0. The molecule has 6 heteroatoms. The summed E-state index contributed by atoms with van der Waals surface area (Å²) in [5.74, 6) is 0.680. The van der Waals surface area contributed by atoms with Crippen molar-refractivity contribution in [3.8, 4) is 16.9 Å². The van der Waals surface area contributed by atoms with Gasteiger partial charge in [-0.1, -0.05) is 60.8 Å². The summed E-state index contributed by atoms with van der Waals surface area (Å²) in [6.45, 7) is 6.35. The highest BCUT2D eigenvalue weighted by atomic mass is 35.5. The second kappa shape index (κ2) is 7.47. The first-order valence-electron chi connectivity index (χ1n) is 8.17. The molecule has 0 fully saturated rings. The Hall–Kier alpha value is -1.13. The van der Waals surface area contributed by atoms with Gasteiger partial charge in [0, 0.05) is 26.8 Å². The van der Waals surface area contributed by atoms with E-state index >= 15 is 0 Å². The lowest BCUT2D eigenvalue weighted by molar-refractivity contribution is 0.569. The minimum atomic E-state index is -0.182. The highest BCUT2D eigenvalue weighted by Crippen LogP contribution is 2.37. The first kappa shape index (κ1) is 19.6. The van der Waals surface area contributed by atoms with Crippen LogP contribution < -0.4 is 0 Å². The highest BCUT2D eigenvalue weighted by molar-refractivity contribution is 7.80. The van der Waals surface area contributed by atoms with Gasteiger partial charge in [0.1, 0.15) is 0 Å². The Balaban J connectivity index is 2.31. The van der Waals surface area contributed by atoms with Crippen LogP contribution >= 0.6 is 47.4 Å². The van der Waals surface area contributed by atoms with Crippen molar-refractivity contribution in [3.63, 3.8) is 0 Å². The van der Waals surface area contributed by atoms with Crippen molar-refractivity contribution < 1.29 is 0 Å². The molecule has 3 rings (SSSR count). The lowest BCUT2D eigenvalue weighted by atomic mass is 9.88. The van der Waals surface area contributed by atoms with Crippen molar-refractivity contribution in [1.29, 1.82) is 0 Å². The molecule has 2 aromatic carbocycles. The zero-order valence-corrected chi connectivity index (χ0v) is 17.9. The molecule has 0 atom stereocenters. The van der Waals surface area contributed by atoms with E-state index in [1.54, 1.807) is 6.07 Å². The van der Waals surface area contributed by atoms with Crippen molar-refractivity contribution in [1.82, 2.24) is 9.78 Å². The molecule has 0 aliphatic rings. The Kier molecular flexibility index (Phi) is 5.64. The number of aromatic nitrogens is 2. The van der Waals surface area contributed by atoms with Crippen LogP contribution in [0, 0.1) is 6.92 Å². The largest absolute Gasteiger partial charge is 0.231 e. The third-order valence-electron chi connectivity index (χ3n) is 4.41. The average molecular weight is 426 g/mol. The summed E-state index contributed by atoms with van der Waals surface area (Å²) in [5.41, 5.74) is 4.69. The van der Waals surface area contributed by atoms with Crippen molar-refractivity contribution in [3.05, 3.63) is 68.8 Å². The summed E-state index contributed by atoms with van der Waals surface area (Å²) in [6, 6.07) is 13.2. The van der Waals surface area contributed by atoms with E-state index < -0.39 is 0 Å². The number of rotatable bonds is 4. The van der Waals surface area contributed by atoms with Crippen LogP contribution in [0.2, 0.25) is 15.1 Å². The molecule has 0 amide bonds. The molecule has 0 unspecified atom stereocenters. The topological polar surface area (TPSA) is 17.8 Å². The SMILES string of the molecule is Cc1c(C(C)(C)CS)nn(-c2ccc(Cl)cc2Cl)c1-c1ccc(Cl)cc1. The van der Waals surface area contributed by atoms with Crippen molar-refractivity contribution in [2.75, 3.05) is 5.75 Å². The Morgan fingerprint density at radius 1 is 1.00 bits per heavy atom. The van der Waals surface area contributed by atoms with Crippen LogP contribution in [0.3, 0.4) is 0 Å². The third kappa shape index (κ3) is 3.63. The average Bonchev–Trinajstić information content (AvgIpc) is 2.93. The van der Waals surface area contributed by atoms with Crippen LogP contribution in [-0.2, 0) is 5.41 Å². The predicted octanol–water partition coefficient (Wildman–Crippen LogP) is 7.02. The first-order chi connectivity index (χ1) is 12.2. The zero-order valence-electron chi connectivity index (χ0n) is 14.7. The molecule has 3 aromatic rings. The molecule has 0 saturated heterocycles. The van der Waals surface area contributed by atoms with Gasteiger partial charge >= 0.3 is 0 Å². The summed E-state index contributed by atoms with van der Waals surface area (Å²) >= 11 is 23.1. The molecule has 0 N–H and O–H groups in total. The van der Waals surface area contributed by atoms with Crippen LogP contribution in [0.1, 0.15) is 25.1 Å². The summed E-state index contributed by atoms with van der Waals surface area (Å²) in [5, 5.41) is 6.75. The van der Waals surface area contributed by atoms with Crippen LogP contribution in [0.15, 0.2) is 42.5 Å². The quantitative estimate of drug-likeness (QED) is 0.445. The fourth-order valence-electron chi connectivity index (χ4n) is 2.99. The van der Waals surface area contributed by atoms with E-state index in [2.05, 4.69) is 33.4 Å². The van der Waals surface area contributed by atoms with Gasteiger partial charge in [0.2, 0.25) is 0 Å². The molecule has 0 saturated carbocycles. The van der Waals surface area contributed by atoms with E-state index in [0.29, 0.717) is 20.8 Å². The monoisotopic (exact) mass is 424 g/mol. The predicted molar refractivity (Wildman–Crippen MR) is 116 cm³/mol. The molecule has 1 heterocycles. The van der Waals surface area contributed by atoms with Gasteiger partial charge in [-0.3, -0.25) is 0 Å².